The summed E-state index contributed by atoms with van der Waals surface area (Å²) in [7, 11) is -2.25. The maximum absolute atomic E-state index is 13.3. The van der Waals surface area contributed by atoms with Crippen molar-refractivity contribution < 1.29 is 27.1 Å². The normalized spacial score (nSPS) is 16.5. The van der Waals surface area contributed by atoms with Gasteiger partial charge < -0.3 is 18.9 Å². The van der Waals surface area contributed by atoms with E-state index in [0.717, 1.165) is 12.8 Å². The Bertz CT molecular complexity index is 1030. The fourth-order valence-corrected chi connectivity index (χ4v) is 5.35. The topological polar surface area (TPSA) is 90.7 Å². The number of sulfone groups is 1. The predicted molar refractivity (Wildman–Crippen MR) is 121 cm³/mol. The molecular formula is C23H32FN3O5S. The van der Waals surface area contributed by atoms with Gasteiger partial charge in [0.05, 0.1) is 43.4 Å². The molecule has 1 aromatic carbocycles. The number of imidazole rings is 1. The molecule has 3 rings (SSSR count). The van der Waals surface area contributed by atoms with E-state index < -0.39 is 15.7 Å². The molecule has 0 unspecified atom stereocenters. The van der Waals surface area contributed by atoms with Gasteiger partial charge in [-0.2, -0.15) is 0 Å². The van der Waals surface area contributed by atoms with Gasteiger partial charge >= 0.3 is 0 Å². The molecule has 2 aromatic rings. The maximum atomic E-state index is 13.3. The largest absolute Gasteiger partial charge is 0.383 e. The van der Waals surface area contributed by atoms with Crippen LogP contribution in [0.2, 0.25) is 0 Å². The molecule has 0 bridgehead atoms. The van der Waals surface area contributed by atoms with Crippen molar-refractivity contribution in [1.29, 1.82) is 0 Å². The lowest BCUT2D eigenvalue weighted by Gasteiger charge is -2.25. The quantitative estimate of drug-likeness (QED) is 0.490. The lowest BCUT2D eigenvalue weighted by Crippen LogP contribution is -2.37. The van der Waals surface area contributed by atoms with E-state index in [1.807, 2.05) is 13.8 Å². The second-order valence-corrected chi connectivity index (χ2v) is 10.5. The van der Waals surface area contributed by atoms with Crippen LogP contribution >= 0.6 is 0 Å². The number of carbonyl (C=O) groups excluding carboxylic acids is 1. The van der Waals surface area contributed by atoms with E-state index in [2.05, 4.69) is 4.98 Å². The summed E-state index contributed by atoms with van der Waals surface area (Å²) in [6.45, 7) is 5.59. The Balaban J connectivity index is 1.93. The first-order valence-corrected chi connectivity index (χ1v) is 12.8. The van der Waals surface area contributed by atoms with Crippen molar-refractivity contribution in [2.24, 2.45) is 5.92 Å². The van der Waals surface area contributed by atoms with Crippen molar-refractivity contribution >= 4 is 15.7 Å². The fraction of sp³-hybridized carbons (Fsp3) is 0.565. The van der Waals surface area contributed by atoms with E-state index in [4.69, 9.17) is 9.47 Å². The van der Waals surface area contributed by atoms with Crippen LogP contribution in [0.5, 0.6) is 0 Å². The molecule has 0 N–H and O–H groups in total. The Morgan fingerprint density at radius 1 is 1.33 bits per heavy atom. The smallest absolute Gasteiger partial charge is 0.228 e. The number of nitrogens with zero attached hydrogens (tertiary/aromatic N) is 3. The van der Waals surface area contributed by atoms with Gasteiger partial charge in [0.15, 0.2) is 0 Å². The number of benzene rings is 1. The maximum Gasteiger partial charge on any atom is 0.228 e. The average Bonchev–Trinajstić information content (AvgIpc) is 3.43. The van der Waals surface area contributed by atoms with Crippen LogP contribution in [0.4, 0.5) is 4.39 Å². The molecule has 1 atom stereocenters. The van der Waals surface area contributed by atoms with Crippen LogP contribution in [-0.2, 0) is 42.9 Å². The number of hydrogen-bond donors (Lipinski definition) is 0. The van der Waals surface area contributed by atoms with E-state index in [1.54, 1.807) is 16.6 Å². The number of methoxy groups -OCH3 is 1. The monoisotopic (exact) mass is 481 g/mol. The molecule has 1 amide bonds. The number of rotatable bonds is 11. The summed E-state index contributed by atoms with van der Waals surface area (Å²) in [6, 6.07) is 5.38. The zero-order chi connectivity index (χ0) is 24.0. The van der Waals surface area contributed by atoms with Gasteiger partial charge in [0.2, 0.25) is 20.9 Å². The Hall–Kier alpha value is -2.30. The number of amides is 1. The molecule has 33 heavy (non-hydrogen) atoms. The average molecular weight is 482 g/mol. The lowest BCUT2D eigenvalue weighted by molar-refractivity contribution is -0.135. The minimum absolute atomic E-state index is 0.0485. The first kappa shape index (κ1) is 25.3. The molecule has 1 aliphatic heterocycles. The lowest BCUT2D eigenvalue weighted by atomic mass is 10.2. The minimum atomic E-state index is -3.82. The molecule has 8 nitrogen and oxygen atoms in total. The second kappa shape index (κ2) is 11.2. The Morgan fingerprint density at radius 3 is 2.67 bits per heavy atom. The van der Waals surface area contributed by atoms with E-state index in [-0.39, 0.29) is 35.4 Å². The summed E-state index contributed by atoms with van der Waals surface area (Å²) in [5.74, 6) is -0.983. The van der Waals surface area contributed by atoms with E-state index in [1.165, 1.54) is 30.5 Å². The van der Waals surface area contributed by atoms with Crippen molar-refractivity contribution in [1.82, 2.24) is 14.5 Å². The first-order valence-electron chi connectivity index (χ1n) is 11.1. The van der Waals surface area contributed by atoms with Crippen LogP contribution in [0.1, 0.15) is 37.9 Å². The van der Waals surface area contributed by atoms with E-state index in [9.17, 15) is 17.6 Å². The molecule has 1 fully saturated rings. The summed E-state index contributed by atoms with van der Waals surface area (Å²) in [4.78, 5) is 18.7. The van der Waals surface area contributed by atoms with Crippen LogP contribution < -0.4 is 0 Å². The second-order valence-electron chi connectivity index (χ2n) is 8.57. The van der Waals surface area contributed by atoms with Gasteiger partial charge in [0.1, 0.15) is 5.82 Å². The summed E-state index contributed by atoms with van der Waals surface area (Å²) >= 11 is 0. The van der Waals surface area contributed by atoms with Crippen molar-refractivity contribution in [3.8, 4) is 0 Å². The van der Waals surface area contributed by atoms with Gasteiger partial charge in [-0.25, -0.2) is 17.8 Å². The van der Waals surface area contributed by atoms with Crippen molar-refractivity contribution in [3.05, 3.63) is 47.5 Å². The zero-order valence-corrected chi connectivity index (χ0v) is 20.2. The molecule has 2 heterocycles. The zero-order valence-electron chi connectivity index (χ0n) is 19.4. The Kier molecular flexibility index (Phi) is 8.61. The number of aromatic nitrogens is 2. The molecule has 0 spiro atoms. The molecule has 0 aliphatic carbocycles. The highest BCUT2D eigenvalue weighted by atomic mass is 32.2. The van der Waals surface area contributed by atoms with E-state index in [0.29, 0.717) is 37.6 Å². The van der Waals surface area contributed by atoms with Gasteiger partial charge in [0.25, 0.3) is 0 Å². The molecule has 10 heteroatoms. The minimum Gasteiger partial charge on any atom is -0.383 e. The van der Waals surface area contributed by atoms with Crippen molar-refractivity contribution in [2.45, 2.75) is 56.8 Å². The number of halogens is 1. The summed E-state index contributed by atoms with van der Waals surface area (Å²) in [5, 5.41) is -0.0685. The van der Waals surface area contributed by atoms with Crippen LogP contribution in [0.15, 0.2) is 35.6 Å². The first-order chi connectivity index (χ1) is 15.7. The summed E-state index contributed by atoms with van der Waals surface area (Å²) < 4.78 is 52.4. The Morgan fingerprint density at radius 2 is 2.06 bits per heavy atom. The predicted octanol–water partition coefficient (Wildman–Crippen LogP) is 2.81. The van der Waals surface area contributed by atoms with Crippen LogP contribution in [0, 0.1) is 11.7 Å². The Labute approximate surface area is 194 Å². The number of carbonyl (C=O) groups is 1. The highest BCUT2D eigenvalue weighted by Gasteiger charge is 2.28. The van der Waals surface area contributed by atoms with Gasteiger partial charge in [-0.1, -0.05) is 26.0 Å². The van der Waals surface area contributed by atoms with Crippen LogP contribution in [-0.4, -0.2) is 61.7 Å². The van der Waals surface area contributed by atoms with Gasteiger partial charge in [-0.3, -0.25) is 4.79 Å². The van der Waals surface area contributed by atoms with Crippen molar-refractivity contribution in [3.63, 3.8) is 0 Å². The SMILES string of the molecule is COCCN(Cc1cnc(S(=O)(=O)Cc2ccc(F)cc2)n1C[C@H]1CCCO1)C(=O)C(C)C. The number of hydrogen-bond acceptors (Lipinski definition) is 6. The molecular weight excluding hydrogens is 449 g/mol. The molecule has 0 radical (unpaired) electrons. The third kappa shape index (κ3) is 6.61. The standard InChI is InChI=1S/C23H32FN3O5S/c1-17(2)22(28)26(10-12-31-3)14-20-13-25-23(27(20)15-21-5-4-11-32-21)33(29,30)16-18-6-8-19(24)9-7-18/h6-9,13,17,21H,4-5,10-12,14-16H2,1-3H3/t21-/m1/s1. The fourth-order valence-electron chi connectivity index (χ4n) is 3.85. The molecule has 1 aromatic heterocycles. The third-order valence-electron chi connectivity index (χ3n) is 5.58. The van der Waals surface area contributed by atoms with E-state index >= 15 is 0 Å². The molecule has 182 valence electrons. The van der Waals surface area contributed by atoms with Crippen LogP contribution in [0.3, 0.4) is 0 Å². The van der Waals surface area contributed by atoms with Gasteiger partial charge in [-0.05, 0) is 30.5 Å². The summed E-state index contributed by atoms with van der Waals surface area (Å²) in [5.41, 5.74) is 1.09. The number of ether oxygens (including phenoxy) is 2. The highest BCUT2D eigenvalue weighted by molar-refractivity contribution is 7.90. The molecule has 1 saturated heterocycles. The molecule has 1 aliphatic rings. The van der Waals surface area contributed by atoms with Crippen LogP contribution in [0.25, 0.3) is 0 Å². The summed E-state index contributed by atoms with van der Waals surface area (Å²) in [6.07, 6.45) is 3.14. The highest BCUT2D eigenvalue weighted by Crippen LogP contribution is 2.23. The van der Waals surface area contributed by atoms with Gasteiger partial charge in [0, 0.05) is 26.2 Å². The third-order valence-corrected chi connectivity index (χ3v) is 7.18. The molecule has 0 saturated carbocycles. The van der Waals surface area contributed by atoms with Crippen molar-refractivity contribution in [2.75, 3.05) is 26.9 Å². The van der Waals surface area contributed by atoms with Gasteiger partial charge in [-0.15, -0.1) is 0 Å².